The van der Waals surface area contributed by atoms with Crippen LogP contribution in [0, 0.1) is 34.9 Å². The van der Waals surface area contributed by atoms with E-state index in [1.54, 1.807) is 6.92 Å². The molecule has 11 rings (SSSR count). The number of carbonyl (C=O) groups is 4. The van der Waals surface area contributed by atoms with Gasteiger partial charge in [-0.15, -0.1) is 0 Å². The van der Waals surface area contributed by atoms with Gasteiger partial charge in [-0.3, -0.25) is 33.6 Å². The Balaban J connectivity index is 0.000000229. The molecule has 612 valence electrons. The number of aliphatic hydroxyl groups is 1. The van der Waals surface area contributed by atoms with Gasteiger partial charge in [-0.1, -0.05) is 48.7 Å². The number of alkyl halides is 9. The molecule has 0 fully saturated rings. The number of rotatable bonds is 15. The van der Waals surface area contributed by atoms with E-state index in [-0.39, 0.29) is 91.5 Å². The molecule has 0 aliphatic carbocycles. The van der Waals surface area contributed by atoms with E-state index in [4.69, 9.17) is 69.4 Å². The van der Waals surface area contributed by atoms with E-state index in [9.17, 15) is 99.4 Å². The molecular weight excluding hydrogens is 1640 g/mol. The fourth-order valence-corrected chi connectivity index (χ4v) is 10.1. The van der Waals surface area contributed by atoms with Gasteiger partial charge >= 0.3 is 18.5 Å². The lowest BCUT2D eigenvalue weighted by Gasteiger charge is -2.17. The number of halogens is 18. The van der Waals surface area contributed by atoms with E-state index in [1.807, 2.05) is 6.92 Å². The van der Waals surface area contributed by atoms with Crippen LogP contribution in [0.1, 0.15) is 109 Å². The fourth-order valence-electron chi connectivity index (χ4n) is 9.31. The number of Topliss-reactive ketones (excluding diaryl/α,β-unsaturated/α-hetero) is 1. The predicted molar refractivity (Wildman–Crippen MR) is 391 cm³/mol. The Bertz CT molecular complexity index is 5390. The number of aromatic nitrogens is 6. The summed E-state index contributed by atoms with van der Waals surface area (Å²) in [5.41, 5.74) is -5.89. The first-order chi connectivity index (χ1) is 54.3. The number of carbonyl (C=O) groups excluding carboxylic acids is 4. The van der Waals surface area contributed by atoms with Crippen LogP contribution in [0.25, 0.3) is 0 Å². The lowest BCUT2D eigenvalue weighted by atomic mass is 10.1. The normalized spacial score (nSPS) is 11.1. The SMILES string of the molecule is CC(=O)c1cc(F)ccc1O.CC(O)c1cc(F)ccc1O.CCc1cc(F)ccc1O.CCc1cc(F)ccc1Oc1cc(C(F)(F)F)c(Cl)cc1C(=O)Nc1cn[nH]c(=O)c1.COc1cc(F)ccc1Oc1cc(C(F)(F)F)c(Cl)cc1C(=O)Nc1cn[nH]c(=O)c1.O=C(Nc1cn[nH]c(=O)c1)c1cc(Cl)c(C(F)(F)F)cc1F. The molecule has 8 aromatic carbocycles. The minimum atomic E-state index is -4.84. The van der Waals surface area contributed by atoms with E-state index in [0.717, 1.165) is 104 Å². The van der Waals surface area contributed by atoms with Crippen molar-refractivity contribution >= 4 is 75.4 Å². The monoisotopic (exact) mass is 1700 g/mol. The summed E-state index contributed by atoms with van der Waals surface area (Å²) in [6.07, 6.45) is -11.0. The number of phenolic OH excluding ortho intramolecular Hbond substituents is 3. The van der Waals surface area contributed by atoms with Crippen molar-refractivity contribution < 1.29 is 120 Å². The van der Waals surface area contributed by atoms with Gasteiger partial charge in [0.1, 0.15) is 69.4 Å². The van der Waals surface area contributed by atoms with Crippen LogP contribution in [0.5, 0.6) is 46.0 Å². The Morgan fingerprint density at radius 3 is 1.16 bits per heavy atom. The maximum Gasteiger partial charge on any atom is 0.417 e. The minimum Gasteiger partial charge on any atom is -0.508 e. The van der Waals surface area contributed by atoms with Crippen LogP contribution >= 0.6 is 34.8 Å². The second-order valence-corrected chi connectivity index (χ2v) is 24.4. The summed E-state index contributed by atoms with van der Waals surface area (Å²) in [5.74, 6) is -8.39. The van der Waals surface area contributed by atoms with Crippen LogP contribution in [0.2, 0.25) is 15.1 Å². The summed E-state index contributed by atoms with van der Waals surface area (Å²) in [5, 5.41) is 57.4. The molecule has 11 aromatic rings. The first-order valence-electron chi connectivity index (χ1n) is 32.4. The summed E-state index contributed by atoms with van der Waals surface area (Å²) in [6, 6.07) is 23.7. The van der Waals surface area contributed by atoms with Crippen LogP contribution in [0.15, 0.2) is 179 Å². The molecule has 0 aliphatic rings. The number of aromatic amines is 3. The number of ketones is 1. The Kier molecular flexibility index (Phi) is 32.2. The lowest BCUT2D eigenvalue weighted by Crippen LogP contribution is -2.17. The van der Waals surface area contributed by atoms with Gasteiger partial charge in [-0.2, -0.15) is 54.8 Å². The molecule has 0 radical (unpaired) electrons. The third-order valence-corrected chi connectivity index (χ3v) is 15.7. The highest BCUT2D eigenvalue weighted by molar-refractivity contribution is 6.33. The van der Waals surface area contributed by atoms with Gasteiger partial charge in [0.2, 0.25) is 0 Å². The van der Waals surface area contributed by atoms with Gasteiger partial charge in [-0.25, -0.2) is 41.6 Å². The lowest BCUT2D eigenvalue weighted by molar-refractivity contribution is -0.138. The Labute approximate surface area is 657 Å². The number of H-pyrrole nitrogens is 3. The molecule has 1 atom stereocenters. The average Bonchev–Trinajstić information content (AvgIpc) is 0.798. The highest BCUT2D eigenvalue weighted by Crippen LogP contribution is 2.44. The summed E-state index contributed by atoms with van der Waals surface area (Å²) in [7, 11) is 1.21. The van der Waals surface area contributed by atoms with Gasteiger partial charge in [0.25, 0.3) is 34.4 Å². The number of amides is 3. The van der Waals surface area contributed by atoms with E-state index in [1.165, 1.54) is 57.4 Å². The van der Waals surface area contributed by atoms with Crippen LogP contribution in [-0.2, 0) is 31.4 Å². The number of hydrogen-bond acceptors (Lipinski definition) is 17. The zero-order valence-electron chi connectivity index (χ0n) is 59.6. The molecule has 0 saturated carbocycles. The highest BCUT2D eigenvalue weighted by atomic mass is 35.5. The van der Waals surface area contributed by atoms with Crippen molar-refractivity contribution in [1.29, 1.82) is 0 Å². The van der Waals surface area contributed by atoms with E-state index in [2.05, 4.69) is 46.5 Å². The molecule has 3 aromatic heterocycles. The molecule has 10 N–H and O–H groups in total. The molecule has 41 heteroatoms. The summed E-state index contributed by atoms with van der Waals surface area (Å²) in [6.45, 7) is 6.32. The number of nitrogens with zero attached hydrogens (tertiary/aromatic N) is 3. The van der Waals surface area contributed by atoms with Gasteiger partial charge in [0, 0.05) is 29.8 Å². The molecule has 3 heterocycles. The van der Waals surface area contributed by atoms with Crippen LogP contribution in [0.3, 0.4) is 0 Å². The average molecular weight is 1700 g/mol. The van der Waals surface area contributed by atoms with Crippen LogP contribution in [-0.4, -0.2) is 81.6 Å². The van der Waals surface area contributed by atoms with Crippen molar-refractivity contribution in [2.45, 2.75) is 65.2 Å². The second-order valence-electron chi connectivity index (χ2n) is 23.2. The van der Waals surface area contributed by atoms with Crippen LogP contribution < -0.4 is 46.8 Å². The van der Waals surface area contributed by atoms with Crippen molar-refractivity contribution in [2.75, 3.05) is 23.1 Å². The number of benzene rings is 8. The zero-order valence-corrected chi connectivity index (χ0v) is 61.9. The van der Waals surface area contributed by atoms with E-state index in [0.29, 0.717) is 42.2 Å². The topological polar surface area (TPSA) is 350 Å². The fraction of sp³-hybridized carbons (Fsp3) is 0.147. The summed E-state index contributed by atoms with van der Waals surface area (Å²) >= 11 is 16.9. The molecule has 3 amide bonds. The van der Waals surface area contributed by atoms with Crippen molar-refractivity contribution in [3.05, 3.63) is 301 Å². The van der Waals surface area contributed by atoms with E-state index >= 15 is 0 Å². The Hall–Kier alpha value is -12.9. The number of hydrogen-bond donors (Lipinski definition) is 10. The number of nitrogens with one attached hydrogen (secondary N) is 6. The quantitative estimate of drug-likeness (QED) is 0.0337. The number of aromatic hydroxyl groups is 3. The standard InChI is InChI=1S/C20H14ClF4N3O3.C19H12ClF4N3O4.C12H6ClF4N3O2.C8H9FO2.C8H7FO2.C8H9FO/c1-2-10-5-11(22)3-4-16(10)31-17-8-14(20(23,24)25)15(21)7-13(17)19(30)27-12-6-18(29)28-26-9-12;1-30-16-4-9(21)2-3-14(16)31-15-7-12(19(22,23)24)13(20)6-11(15)18(29)26-10-5-17(28)27-25-8-10;13-8-2-6(9(14)3-7(8)12(15,16)17)11(22)19-5-1-10(21)20-18-4-5;2*1-5(10)7-4-6(9)2-3-8(7)11;1-2-6-5-7(9)3-4-8(6)10/h3-9H,2H2,1H3,(H2,27,28,29,30);2-8H,1H3,(H2,26,27,28,29);1-4H,(H2,19,20,21,22);2-5,10-11H,1H3;2-4,11H,1H3;3-5,10H,2H2,1H3. The van der Waals surface area contributed by atoms with Crippen molar-refractivity contribution in [3.8, 4) is 46.0 Å². The van der Waals surface area contributed by atoms with Gasteiger partial charge in [-0.05, 0) is 159 Å². The maximum absolute atomic E-state index is 13.7. The molecule has 1 unspecified atom stereocenters. The highest BCUT2D eigenvalue weighted by Gasteiger charge is 2.38. The third kappa shape index (κ3) is 26.9. The molecule has 23 nitrogen and oxygen atoms in total. The number of ether oxygens (including phenoxy) is 3. The van der Waals surface area contributed by atoms with Gasteiger partial charge < -0.3 is 50.6 Å². The van der Waals surface area contributed by atoms with Gasteiger partial charge in [0.05, 0.1) is 103 Å². The minimum absolute atomic E-state index is 0.00625. The maximum atomic E-state index is 13.7. The van der Waals surface area contributed by atoms with Crippen molar-refractivity contribution in [3.63, 3.8) is 0 Å². The molecule has 0 saturated heterocycles. The molecular formula is C75H57Cl3F15N9O14. The number of aryl methyl sites for hydroxylation is 2. The number of anilines is 3. The molecule has 0 bridgehead atoms. The third-order valence-electron chi connectivity index (χ3n) is 14.8. The zero-order chi connectivity index (χ0) is 86.4. The predicted octanol–water partition coefficient (Wildman–Crippen LogP) is 18.1. The molecule has 116 heavy (non-hydrogen) atoms. The summed E-state index contributed by atoms with van der Waals surface area (Å²) in [4.78, 5) is 81.6. The Morgan fingerprint density at radius 1 is 0.431 bits per heavy atom. The van der Waals surface area contributed by atoms with E-state index < -0.39 is 137 Å². The molecule has 0 spiro atoms. The largest absolute Gasteiger partial charge is 0.508 e. The smallest absolute Gasteiger partial charge is 0.417 e. The van der Waals surface area contributed by atoms with Crippen molar-refractivity contribution in [1.82, 2.24) is 30.6 Å². The number of aliphatic hydroxyl groups excluding tert-OH is 1. The Morgan fingerprint density at radius 2 is 0.784 bits per heavy atom. The molecule has 0 aliphatic heterocycles. The number of phenols is 3. The number of methoxy groups -OCH3 is 1. The van der Waals surface area contributed by atoms with Gasteiger partial charge in [0.15, 0.2) is 17.3 Å². The van der Waals surface area contributed by atoms with Crippen molar-refractivity contribution in [2.24, 2.45) is 0 Å². The summed E-state index contributed by atoms with van der Waals surface area (Å²) < 4.78 is 212. The first kappa shape index (κ1) is 91.9. The second kappa shape index (κ2) is 40.7. The van der Waals surface area contributed by atoms with Crippen LogP contribution in [0.4, 0.5) is 82.9 Å². The first-order valence-corrected chi connectivity index (χ1v) is 33.5.